The van der Waals surface area contributed by atoms with Crippen LogP contribution in [0.25, 0.3) is 0 Å². The minimum absolute atomic E-state index is 0.0121. The van der Waals surface area contributed by atoms with Crippen molar-refractivity contribution in [1.82, 2.24) is 0 Å². The highest BCUT2D eigenvalue weighted by atomic mass is 35.5. The monoisotopic (exact) mass is 447 g/mol. The van der Waals surface area contributed by atoms with Crippen LogP contribution in [0.15, 0.2) is 47.4 Å². The SMILES string of the molecule is O=C(Nc1cccc(Cl)c1Cl)c1ccc(S(=O)(=O)C2CCS(=O)(=O)C2)cc1. The summed E-state index contributed by atoms with van der Waals surface area (Å²) in [6.45, 7) is 0. The smallest absolute Gasteiger partial charge is 0.255 e. The summed E-state index contributed by atoms with van der Waals surface area (Å²) in [5.74, 6) is -0.977. The fraction of sp³-hybridized carbons (Fsp3) is 0.235. The van der Waals surface area contributed by atoms with Crippen LogP contribution in [0.2, 0.25) is 10.0 Å². The van der Waals surface area contributed by atoms with Crippen LogP contribution in [0.1, 0.15) is 16.8 Å². The second kappa shape index (κ2) is 7.43. The quantitative estimate of drug-likeness (QED) is 0.775. The van der Waals surface area contributed by atoms with E-state index >= 15 is 0 Å². The highest BCUT2D eigenvalue weighted by molar-refractivity contribution is 7.96. The highest BCUT2D eigenvalue weighted by Gasteiger charge is 2.38. The molecule has 1 N–H and O–H groups in total. The van der Waals surface area contributed by atoms with Crippen LogP contribution < -0.4 is 5.32 Å². The van der Waals surface area contributed by atoms with E-state index in [0.29, 0.717) is 10.7 Å². The number of anilines is 1. The van der Waals surface area contributed by atoms with E-state index in [1.807, 2.05) is 0 Å². The molecule has 1 heterocycles. The zero-order valence-electron chi connectivity index (χ0n) is 13.9. The second-order valence-corrected chi connectivity index (χ2v) is 11.4. The third kappa shape index (κ3) is 4.29. The summed E-state index contributed by atoms with van der Waals surface area (Å²) in [7, 11) is -7.09. The van der Waals surface area contributed by atoms with Gasteiger partial charge >= 0.3 is 0 Å². The van der Waals surface area contributed by atoms with E-state index in [0.717, 1.165) is 0 Å². The molecular weight excluding hydrogens is 433 g/mol. The molecule has 1 saturated heterocycles. The van der Waals surface area contributed by atoms with Gasteiger partial charge in [0.15, 0.2) is 19.7 Å². The summed E-state index contributed by atoms with van der Waals surface area (Å²) in [5.41, 5.74) is 0.561. The van der Waals surface area contributed by atoms with Gasteiger partial charge in [-0.05, 0) is 42.8 Å². The van der Waals surface area contributed by atoms with E-state index in [2.05, 4.69) is 5.32 Å². The van der Waals surface area contributed by atoms with Gasteiger partial charge in [0, 0.05) is 5.56 Å². The van der Waals surface area contributed by atoms with Crippen molar-refractivity contribution in [3.63, 3.8) is 0 Å². The van der Waals surface area contributed by atoms with Gasteiger partial charge in [0.1, 0.15) is 0 Å². The van der Waals surface area contributed by atoms with Gasteiger partial charge in [-0.1, -0.05) is 29.3 Å². The molecule has 1 unspecified atom stereocenters. The van der Waals surface area contributed by atoms with Crippen molar-refractivity contribution >= 4 is 54.5 Å². The van der Waals surface area contributed by atoms with Crippen molar-refractivity contribution in [2.45, 2.75) is 16.6 Å². The molecule has 0 spiro atoms. The fourth-order valence-corrected chi connectivity index (χ4v) is 7.50. The topological polar surface area (TPSA) is 97.4 Å². The van der Waals surface area contributed by atoms with Crippen LogP contribution in [-0.4, -0.2) is 39.5 Å². The number of rotatable bonds is 4. The summed E-state index contributed by atoms with van der Waals surface area (Å²) in [4.78, 5) is 12.3. The van der Waals surface area contributed by atoms with E-state index < -0.39 is 30.8 Å². The van der Waals surface area contributed by atoms with E-state index in [9.17, 15) is 21.6 Å². The number of nitrogens with one attached hydrogen (secondary N) is 1. The van der Waals surface area contributed by atoms with Crippen LogP contribution in [-0.2, 0) is 19.7 Å². The van der Waals surface area contributed by atoms with Crippen molar-refractivity contribution in [2.75, 3.05) is 16.8 Å². The Balaban J connectivity index is 1.79. The second-order valence-electron chi connectivity index (χ2n) is 6.15. The molecule has 1 aliphatic heterocycles. The molecule has 6 nitrogen and oxygen atoms in total. The van der Waals surface area contributed by atoms with Crippen molar-refractivity contribution in [3.05, 3.63) is 58.1 Å². The number of carbonyl (C=O) groups excluding carboxylic acids is 1. The molecule has 1 aliphatic rings. The van der Waals surface area contributed by atoms with Gasteiger partial charge < -0.3 is 5.32 Å². The Morgan fingerprint density at radius 3 is 2.33 bits per heavy atom. The van der Waals surface area contributed by atoms with Crippen LogP contribution in [0.5, 0.6) is 0 Å². The Bertz CT molecular complexity index is 1100. The normalized spacial score (nSPS) is 19.0. The van der Waals surface area contributed by atoms with Gasteiger partial charge in [0.2, 0.25) is 0 Å². The van der Waals surface area contributed by atoms with E-state index in [-0.39, 0.29) is 33.4 Å². The zero-order valence-corrected chi connectivity index (χ0v) is 17.0. The largest absolute Gasteiger partial charge is 0.321 e. The van der Waals surface area contributed by atoms with Gasteiger partial charge in [-0.3, -0.25) is 4.79 Å². The first kappa shape index (κ1) is 20.1. The first-order valence-corrected chi connectivity index (χ1v) is 12.0. The molecule has 0 radical (unpaired) electrons. The molecule has 2 aromatic carbocycles. The van der Waals surface area contributed by atoms with Crippen molar-refractivity contribution in [3.8, 4) is 0 Å². The Morgan fingerprint density at radius 1 is 1.07 bits per heavy atom. The molecule has 1 atom stereocenters. The Labute approximate surface area is 167 Å². The number of halogens is 2. The summed E-state index contributed by atoms with van der Waals surface area (Å²) in [5, 5.41) is 2.15. The van der Waals surface area contributed by atoms with Crippen LogP contribution in [0.3, 0.4) is 0 Å². The minimum atomic E-state index is -3.77. The predicted octanol–water partition coefficient (Wildman–Crippen LogP) is 3.21. The molecular formula is C17H15Cl2NO5S2. The molecule has 144 valence electrons. The lowest BCUT2D eigenvalue weighted by atomic mass is 10.2. The lowest BCUT2D eigenvalue weighted by molar-refractivity contribution is 0.102. The molecule has 0 aromatic heterocycles. The third-order valence-corrected chi connectivity index (χ3v) is 9.28. The lowest BCUT2D eigenvalue weighted by Gasteiger charge is -2.11. The molecule has 3 rings (SSSR count). The molecule has 2 aromatic rings. The predicted molar refractivity (Wildman–Crippen MR) is 105 cm³/mol. The maximum absolute atomic E-state index is 12.6. The summed E-state index contributed by atoms with van der Waals surface area (Å²) in [6, 6.07) is 10.1. The molecule has 27 heavy (non-hydrogen) atoms. The summed E-state index contributed by atoms with van der Waals surface area (Å²) >= 11 is 11.9. The highest BCUT2D eigenvalue weighted by Crippen LogP contribution is 2.30. The molecule has 10 heteroatoms. The van der Waals surface area contributed by atoms with Gasteiger partial charge in [0.25, 0.3) is 5.91 Å². The number of benzene rings is 2. The summed E-state index contributed by atoms with van der Waals surface area (Å²) < 4.78 is 48.3. The maximum atomic E-state index is 12.6. The van der Waals surface area contributed by atoms with Crippen molar-refractivity contribution in [1.29, 1.82) is 0 Å². The fourth-order valence-electron chi connectivity index (χ4n) is 2.79. The molecule has 1 amide bonds. The summed E-state index contributed by atoms with van der Waals surface area (Å²) in [6.07, 6.45) is 0.0835. The zero-order chi connectivity index (χ0) is 19.8. The lowest BCUT2D eigenvalue weighted by Crippen LogP contribution is -2.23. The Kier molecular flexibility index (Phi) is 5.54. The maximum Gasteiger partial charge on any atom is 0.255 e. The Hall–Kier alpha value is -1.61. The van der Waals surface area contributed by atoms with E-state index in [4.69, 9.17) is 23.2 Å². The standard InChI is InChI=1S/C17H15Cl2NO5S2/c18-14-2-1-3-15(16(14)19)20-17(21)11-4-6-12(7-5-11)27(24,25)13-8-9-26(22,23)10-13/h1-7,13H,8-10H2,(H,20,21). The minimum Gasteiger partial charge on any atom is -0.321 e. The number of hydrogen-bond donors (Lipinski definition) is 1. The first-order valence-electron chi connectivity index (χ1n) is 7.90. The van der Waals surface area contributed by atoms with Crippen LogP contribution in [0.4, 0.5) is 5.69 Å². The van der Waals surface area contributed by atoms with Gasteiger partial charge in [-0.2, -0.15) is 0 Å². The van der Waals surface area contributed by atoms with Crippen LogP contribution >= 0.6 is 23.2 Å². The number of amides is 1. The van der Waals surface area contributed by atoms with E-state index in [1.165, 1.54) is 24.3 Å². The number of hydrogen-bond acceptors (Lipinski definition) is 5. The molecule has 1 fully saturated rings. The molecule has 0 bridgehead atoms. The van der Waals surface area contributed by atoms with Crippen LogP contribution in [0, 0.1) is 0 Å². The van der Waals surface area contributed by atoms with Gasteiger partial charge in [-0.25, -0.2) is 16.8 Å². The average molecular weight is 448 g/mol. The van der Waals surface area contributed by atoms with Gasteiger partial charge in [0.05, 0.1) is 37.4 Å². The average Bonchev–Trinajstić information content (AvgIpc) is 3.00. The van der Waals surface area contributed by atoms with Crippen molar-refractivity contribution < 1.29 is 21.6 Å². The van der Waals surface area contributed by atoms with Gasteiger partial charge in [-0.15, -0.1) is 0 Å². The molecule has 0 saturated carbocycles. The first-order chi connectivity index (χ1) is 12.6. The number of sulfone groups is 2. The number of carbonyl (C=O) groups is 1. The van der Waals surface area contributed by atoms with E-state index in [1.54, 1.807) is 18.2 Å². The van der Waals surface area contributed by atoms with Crippen molar-refractivity contribution in [2.24, 2.45) is 0 Å². The molecule has 0 aliphatic carbocycles. The third-order valence-electron chi connectivity index (χ3n) is 4.27. The Morgan fingerprint density at radius 2 is 1.74 bits per heavy atom.